The van der Waals surface area contributed by atoms with Gasteiger partial charge in [-0.2, -0.15) is 0 Å². The number of imide groups is 1. The molecule has 0 unspecified atom stereocenters. The van der Waals surface area contributed by atoms with Crippen molar-refractivity contribution in [1.82, 2.24) is 4.90 Å². The van der Waals surface area contributed by atoms with Crippen LogP contribution in [0.5, 0.6) is 0 Å². The van der Waals surface area contributed by atoms with Crippen molar-refractivity contribution in [3.05, 3.63) is 12.7 Å². The molecule has 0 radical (unpaired) electrons. The van der Waals surface area contributed by atoms with E-state index >= 15 is 0 Å². The van der Waals surface area contributed by atoms with Gasteiger partial charge in [-0.25, -0.2) is 0 Å². The molecule has 0 atom stereocenters. The number of piperidine rings is 1. The summed E-state index contributed by atoms with van der Waals surface area (Å²) in [6.07, 6.45) is 3.51. The standard InChI is InChI=1S/C8H11NO2/c1-2-7(10)9-6-4-3-5-8(9)11/h2H,1,3-6H2. The summed E-state index contributed by atoms with van der Waals surface area (Å²) >= 11 is 0. The Morgan fingerprint density at radius 3 is 2.82 bits per heavy atom. The van der Waals surface area contributed by atoms with Crippen LogP contribution >= 0.6 is 0 Å². The number of carbonyl (C=O) groups is 2. The number of hydrogen-bond acceptors (Lipinski definition) is 2. The molecule has 0 aromatic heterocycles. The second-order valence-corrected chi connectivity index (χ2v) is 2.54. The molecule has 11 heavy (non-hydrogen) atoms. The molecule has 0 aromatic carbocycles. The average Bonchev–Trinajstić information content (AvgIpc) is 2.04. The van der Waals surface area contributed by atoms with Gasteiger partial charge < -0.3 is 0 Å². The van der Waals surface area contributed by atoms with Crippen LogP contribution in [0, 0.1) is 0 Å². The molecular weight excluding hydrogens is 142 g/mol. The van der Waals surface area contributed by atoms with Gasteiger partial charge in [0, 0.05) is 13.0 Å². The highest BCUT2D eigenvalue weighted by Crippen LogP contribution is 2.10. The first-order chi connectivity index (χ1) is 5.25. The second-order valence-electron chi connectivity index (χ2n) is 2.54. The van der Waals surface area contributed by atoms with Crippen LogP contribution in [0.2, 0.25) is 0 Å². The number of rotatable bonds is 1. The fourth-order valence-corrected chi connectivity index (χ4v) is 1.15. The SMILES string of the molecule is C=CC(=O)N1CCCCC1=O. The zero-order valence-corrected chi connectivity index (χ0v) is 6.38. The van der Waals surface area contributed by atoms with E-state index in [0.717, 1.165) is 12.8 Å². The van der Waals surface area contributed by atoms with Crippen molar-refractivity contribution < 1.29 is 9.59 Å². The molecule has 1 heterocycles. The maximum absolute atomic E-state index is 11.1. The first-order valence-corrected chi connectivity index (χ1v) is 3.72. The number of hydrogen-bond donors (Lipinski definition) is 0. The lowest BCUT2D eigenvalue weighted by molar-refractivity contribution is -0.143. The molecule has 1 rings (SSSR count). The highest BCUT2D eigenvalue weighted by molar-refractivity contribution is 6.00. The van der Waals surface area contributed by atoms with Gasteiger partial charge in [0.15, 0.2) is 0 Å². The van der Waals surface area contributed by atoms with Gasteiger partial charge in [0.1, 0.15) is 0 Å². The Bertz CT molecular complexity index is 198. The summed E-state index contributed by atoms with van der Waals surface area (Å²) in [6.45, 7) is 3.89. The van der Waals surface area contributed by atoms with Crippen LogP contribution in [-0.4, -0.2) is 23.3 Å². The minimum atomic E-state index is -0.269. The first kappa shape index (κ1) is 7.98. The van der Waals surface area contributed by atoms with Crippen LogP contribution in [0.15, 0.2) is 12.7 Å². The Balaban J connectivity index is 2.61. The normalized spacial score (nSPS) is 18.2. The Hall–Kier alpha value is -1.12. The van der Waals surface area contributed by atoms with Gasteiger partial charge in [0.2, 0.25) is 5.91 Å². The van der Waals surface area contributed by atoms with Crippen molar-refractivity contribution >= 4 is 11.8 Å². The van der Waals surface area contributed by atoms with Crippen LogP contribution in [0.25, 0.3) is 0 Å². The van der Waals surface area contributed by atoms with Crippen LogP contribution in [0.3, 0.4) is 0 Å². The lowest BCUT2D eigenvalue weighted by Crippen LogP contribution is -2.39. The fraction of sp³-hybridized carbons (Fsp3) is 0.500. The van der Waals surface area contributed by atoms with E-state index in [9.17, 15) is 9.59 Å². The van der Waals surface area contributed by atoms with Crippen molar-refractivity contribution in [3.8, 4) is 0 Å². The predicted octanol–water partition coefficient (Wildman–Crippen LogP) is 0.712. The zero-order valence-electron chi connectivity index (χ0n) is 6.38. The van der Waals surface area contributed by atoms with Gasteiger partial charge in [-0.3, -0.25) is 14.5 Å². The van der Waals surface area contributed by atoms with Crippen LogP contribution in [0.1, 0.15) is 19.3 Å². The Labute approximate surface area is 65.7 Å². The number of carbonyl (C=O) groups excluding carboxylic acids is 2. The molecule has 0 aliphatic carbocycles. The monoisotopic (exact) mass is 153 g/mol. The molecule has 3 heteroatoms. The third-order valence-corrected chi connectivity index (χ3v) is 1.76. The summed E-state index contributed by atoms with van der Waals surface area (Å²) in [4.78, 5) is 23.3. The minimum absolute atomic E-state index is 0.0684. The van der Waals surface area contributed by atoms with E-state index in [1.165, 1.54) is 11.0 Å². The molecule has 0 spiro atoms. The van der Waals surface area contributed by atoms with E-state index in [-0.39, 0.29) is 11.8 Å². The van der Waals surface area contributed by atoms with Gasteiger partial charge in [0.25, 0.3) is 5.91 Å². The molecule has 1 aliphatic heterocycles. The molecule has 0 N–H and O–H groups in total. The lowest BCUT2D eigenvalue weighted by Gasteiger charge is -2.23. The smallest absolute Gasteiger partial charge is 0.252 e. The van der Waals surface area contributed by atoms with E-state index in [1.54, 1.807) is 0 Å². The topological polar surface area (TPSA) is 37.4 Å². The maximum Gasteiger partial charge on any atom is 0.252 e. The summed E-state index contributed by atoms with van der Waals surface area (Å²) in [5.74, 6) is -0.337. The Kier molecular flexibility index (Phi) is 2.41. The van der Waals surface area contributed by atoms with E-state index in [2.05, 4.69) is 6.58 Å². The zero-order chi connectivity index (χ0) is 8.27. The lowest BCUT2D eigenvalue weighted by atomic mass is 10.1. The predicted molar refractivity (Wildman–Crippen MR) is 40.8 cm³/mol. The van der Waals surface area contributed by atoms with Crippen LogP contribution in [-0.2, 0) is 9.59 Å². The van der Waals surface area contributed by atoms with Gasteiger partial charge in [0.05, 0.1) is 0 Å². The van der Waals surface area contributed by atoms with Gasteiger partial charge >= 0.3 is 0 Å². The highest BCUT2D eigenvalue weighted by Gasteiger charge is 2.21. The highest BCUT2D eigenvalue weighted by atomic mass is 16.2. The Morgan fingerprint density at radius 1 is 1.55 bits per heavy atom. The van der Waals surface area contributed by atoms with Gasteiger partial charge in [-0.1, -0.05) is 6.58 Å². The van der Waals surface area contributed by atoms with Crippen LogP contribution in [0.4, 0.5) is 0 Å². The van der Waals surface area contributed by atoms with Crippen molar-refractivity contribution in [2.45, 2.75) is 19.3 Å². The van der Waals surface area contributed by atoms with Gasteiger partial charge in [-0.15, -0.1) is 0 Å². The molecule has 3 nitrogen and oxygen atoms in total. The van der Waals surface area contributed by atoms with Gasteiger partial charge in [-0.05, 0) is 18.9 Å². The quantitative estimate of drug-likeness (QED) is 0.520. The summed E-state index contributed by atoms with van der Waals surface area (Å²) < 4.78 is 0. The molecule has 60 valence electrons. The molecule has 2 amide bonds. The van der Waals surface area contributed by atoms with E-state index < -0.39 is 0 Å². The third kappa shape index (κ3) is 1.67. The Morgan fingerprint density at radius 2 is 2.27 bits per heavy atom. The summed E-state index contributed by atoms with van der Waals surface area (Å²) in [7, 11) is 0. The molecule has 0 bridgehead atoms. The van der Waals surface area contributed by atoms with Crippen LogP contribution < -0.4 is 0 Å². The summed E-state index contributed by atoms with van der Waals surface area (Å²) in [6, 6.07) is 0. The summed E-state index contributed by atoms with van der Waals surface area (Å²) in [5, 5.41) is 0. The molecular formula is C8H11NO2. The first-order valence-electron chi connectivity index (χ1n) is 3.72. The van der Waals surface area contributed by atoms with E-state index in [1.807, 2.05) is 0 Å². The van der Waals surface area contributed by atoms with Crippen molar-refractivity contribution in [3.63, 3.8) is 0 Å². The number of likely N-dealkylation sites (tertiary alicyclic amines) is 1. The molecule has 0 saturated carbocycles. The largest absolute Gasteiger partial charge is 0.279 e. The van der Waals surface area contributed by atoms with Crippen molar-refractivity contribution in [1.29, 1.82) is 0 Å². The molecule has 1 saturated heterocycles. The average molecular weight is 153 g/mol. The fourth-order valence-electron chi connectivity index (χ4n) is 1.15. The van der Waals surface area contributed by atoms with Crippen molar-refractivity contribution in [2.75, 3.05) is 6.54 Å². The number of nitrogens with zero attached hydrogens (tertiary/aromatic N) is 1. The van der Waals surface area contributed by atoms with E-state index in [4.69, 9.17) is 0 Å². The third-order valence-electron chi connectivity index (χ3n) is 1.76. The van der Waals surface area contributed by atoms with E-state index in [0.29, 0.717) is 13.0 Å². The second kappa shape index (κ2) is 3.32. The maximum atomic E-state index is 11.1. The van der Waals surface area contributed by atoms with Crippen molar-refractivity contribution in [2.24, 2.45) is 0 Å². The minimum Gasteiger partial charge on any atom is -0.279 e. The molecule has 0 aromatic rings. The molecule has 1 aliphatic rings. The summed E-state index contributed by atoms with van der Waals surface area (Å²) in [5.41, 5.74) is 0. The number of amides is 2. The molecule has 1 fully saturated rings.